The standard InChI is InChI=1S/C18H24N4O2/c1-18(2,24)13-21(10-14-6-4-3-5-7-14)17(23)12-22-11-16(19-20-22)15-8-9-15/h3-7,11,15,24H,8-10,12-13H2,1-2H3. The number of hydrogen-bond acceptors (Lipinski definition) is 4. The number of rotatable bonds is 7. The number of amides is 1. The van der Waals surface area contributed by atoms with Gasteiger partial charge in [-0.3, -0.25) is 4.79 Å². The molecule has 2 aromatic rings. The fourth-order valence-electron chi connectivity index (χ4n) is 2.70. The van der Waals surface area contributed by atoms with Gasteiger partial charge >= 0.3 is 0 Å². The summed E-state index contributed by atoms with van der Waals surface area (Å²) in [6.07, 6.45) is 4.18. The van der Waals surface area contributed by atoms with Gasteiger partial charge < -0.3 is 10.0 Å². The van der Waals surface area contributed by atoms with Crippen molar-refractivity contribution < 1.29 is 9.90 Å². The Kier molecular flexibility index (Phi) is 4.66. The molecule has 1 aromatic carbocycles. The molecule has 6 heteroatoms. The maximum Gasteiger partial charge on any atom is 0.244 e. The van der Waals surface area contributed by atoms with Crippen LogP contribution in [0.3, 0.4) is 0 Å². The molecule has 1 amide bonds. The first-order valence-corrected chi connectivity index (χ1v) is 8.35. The highest BCUT2D eigenvalue weighted by Crippen LogP contribution is 2.38. The van der Waals surface area contributed by atoms with E-state index < -0.39 is 5.60 Å². The molecule has 0 aliphatic heterocycles. The van der Waals surface area contributed by atoms with Crippen molar-refractivity contribution in [2.75, 3.05) is 6.54 Å². The summed E-state index contributed by atoms with van der Waals surface area (Å²) in [4.78, 5) is 14.4. The molecule has 1 fully saturated rings. The third-order valence-electron chi connectivity index (χ3n) is 4.00. The van der Waals surface area contributed by atoms with Gasteiger partial charge in [-0.2, -0.15) is 0 Å². The molecule has 128 valence electrons. The zero-order valence-corrected chi connectivity index (χ0v) is 14.2. The molecule has 24 heavy (non-hydrogen) atoms. The molecule has 1 aliphatic rings. The largest absolute Gasteiger partial charge is 0.389 e. The maximum absolute atomic E-state index is 12.7. The molecule has 1 saturated carbocycles. The van der Waals surface area contributed by atoms with E-state index in [0.717, 1.165) is 24.1 Å². The van der Waals surface area contributed by atoms with E-state index in [1.807, 2.05) is 36.5 Å². The number of nitrogens with zero attached hydrogens (tertiary/aromatic N) is 4. The minimum Gasteiger partial charge on any atom is -0.389 e. The molecular weight excluding hydrogens is 304 g/mol. The molecule has 0 bridgehead atoms. The third-order valence-corrected chi connectivity index (χ3v) is 4.00. The van der Waals surface area contributed by atoms with Crippen LogP contribution in [0.2, 0.25) is 0 Å². The van der Waals surface area contributed by atoms with Crippen molar-refractivity contribution in [3.8, 4) is 0 Å². The molecule has 0 atom stereocenters. The number of carbonyl (C=O) groups excluding carboxylic acids is 1. The van der Waals surface area contributed by atoms with Crippen LogP contribution in [0.15, 0.2) is 36.5 Å². The van der Waals surface area contributed by atoms with E-state index in [4.69, 9.17) is 0 Å². The van der Waals surface area contributed by atoms with Gasteiger partial charge in [0.25, 0.3) is 0 Å². The van der Waals surface area contributed by atoms with Gasteiger partial charge in [-0.15, -0.1) is 5.10 Å². The number of benzene rings is 1. The van der Waals surface area contributed by atoms with E-state index in [9.17, 15) is 9.90 Å². The monoisotopic (exact) mass is 328 g/mol. The first-order chi connectivity index (χ1) is 11.4. The zero-order chi connectivity index (χ0) is 17.2. The van der Waals surface area contributed by atoms with Gasteiger partial charge in [-0.1, -0.05) is 35.5 Å². The smallest absolute Gasteiger partial charge is 0.244 e. The SMILES string of the molecule is CC(C)(O)CN(Cc1ccccc1)C(=O)Cn1cc(C2CC2)nn1. The molecular formula is C18H24N4O2. The number of hydrogen-bond donors (Lipinski definition) is 1. The first-order valence-electron chi connectivity index (χ1n) is 8.35. The van der Waals surface area contributed by atoms with Gasteiger partial charge in [-0.05, 0) is 32.3 Å². The summed E-state index contributed by atoms with van der Waals surface area (Å²) in [5.74, 6) is 0.443. The lowest BCUT2D eigenvalue weighted by Crippen LogP contribution is -2.43. The van der Waals surface area contributed by atoms with Crippen LogP contribution in [0.4, 0.5) is 0 Å². The van der Waals surface area contributed by atoms with Gasteiger partial charge in [-0.25, -0.2) is 4.68 Å². The molecule has 1 aliphatic carbocycles. The topological polar surface area (TPSA) is 71.2 Å². The van der Waals surface area contributed by atoms with E-state index in [-0.39, 0.29) is 19.0 Å². The normalized spacial score (nSPS) is 14.6. The van der Waals surface area contributed by atoms with Gasteiger partial charge in [0, 0.05) is 25.2 Å². The van der Waals surface area contributed by atoms with Crippen LogP contribution in [-0.4, -0.2) is 43.1 Å². The van der Waals surface area contributed by atoms with Gasteiger partial charge in [0.2, 0.25) is 5.91 Å². The van der Waals surface area contributed by atoms with Crippen LogP contribution in [0, 0.1) is 0 Å². The Morgan fingerprint density at radius 2 is 2.04 bits per heavy atom. The fourth-order valence-corrected chi connectivity index (χ4v) is 2.70. The van der Waals surface area contributed by atoms with Crippen LogP contribution in [0.25, 0.3) is 0 Å². The number of aliphatic hydroxyl groups is 1. The van der Waals surface area contributed by atoms with Crippen molar-refractivity contribution in [2.24, 2.45) is 0 Å². The highest BCUT2D eigenvalue weighted by Gasteiger charge is 2.27. The summed E-state index contributed by atoms with van der Waals surface area (Å²) in [5.41, 5.74) is 1.05. The number of carbonyl (C=O) groups is 1. The first kappa shape index (κ1) is 16.6. The Morgan fingerprint density at radius 3 is 2.67 bits per heavy atom. The molecule has 0 spiro atoms. The summed E-state index contributed by atoms with van der Waals surface area (Å²) in [6.45, 7) is 4.29. The summed E-state index contributed by atoms with van der Waals surface area (Å²) in [7, 11) is 0. The lowest BCUT2D eigenvalue weighted by atomic mass is 10.1. The Bertz CT molecular complexity index is 687. The lowest BCUT2D eigenvalue weighted by Gasteiger charge is -2.29. The summed E-state index contributed by atoms with van der Waals surface area (Å²) in [5, 5.41) is 18.3. The summed E-state index contributed by atoms with van der Waals surface area (Å²) < 4.78 is 1.60. The average Bonchev–Trinajstić information content (AvgIpc) is 3.27. The predicted molar refractivity (Wildman–Crippen MR) is 90.2 cm³/mol. The lowest BCUT2D eigenvalue weighted by molar-refractivity contribution is -0.135. The third kappa shape index (κ3) is 4.64. The number of aromatic nitrogens is 3. The Labute approximate surface area is 142 Å². The van der Waals surface area contributed by atoms with E-state index in [2.05, 4.69) is 10.3 Å². The molecule has 6 nitrogen and oxygen atoms in total. The quantitative estimate of drug-likeness (QED) is 0.843. The van der Waals surface area contributed by atoms with E-state index in [1.54, 1.807) is 23.4 Å². The fraction of sp³-hybridized carbons (Fsp3) is 0.500. The zero-order valence-electron chi connectivity index (χ0n) is 14.2. The molecule has 3 rings (SSSR count). The van der Waals surface area contributed by atoms with Crippen LogP contribution < -0.4 is 0 Å². The minimum absolute atomic E-state index is 0.0757. The van der Waals surface area contributed by atoms with Crippen molar-refractivity contribution in [1.82, 2.24) is 19.9 Å². The second kappa shape index (κ2) is 6.73. The van der Waals surface area contributed by atoms with Gasteiger partial charge in [0.1, 0.15) is 6.54 Å². The second-order valence-electron chi connectivity index (χ2n) is 7.16. The van der Waals surface area contributed by atoms with Crippen LogP contribution in [-0.2, 0) is 17.9 Å². The van der Waals surface area contributed by atoms with Crippen molar-refractivity contribution in [3.63, 3.8) is 0 Å². The van der Waals surface area contributed by atoms with E-state index >= 15 is 0 Å². The Morgan fingerprint density at radius 1 is 1.33 bits per heavy atom. The van der Waals surface area contributed by atoms with E-state index in [1.165, 1.54) is 0 Å². The maximum atomic E-state index is 12.7. The molecule has 0 radical (unpaired) electrons. The molecule has 0 unspecified atom stereocenters. The molecule has 1 N–H and O–H groups in total. The van der Waals surface area contributed by atoms with Crippen LogP contribution >= 0.6 is 0 Å². The molecule has 1 heterocycles. The van der Waals surface area contributed by atoms with Crippen molar-refractivity contribution in [2.45, 2.75) is 51.3 Å². The van der Waals surface area contributed by atoms with Gasteiger partial charge in [0.05, 0.1) is 11.3 Å². The van der Waals surface area contributed by atoms with Crippen molar-refractivity contribution in [1.29, 1.82) is 0 Å². The Balaban J connectivity index is 1.69. The second-order valence-corrected chi connectivity index (χ2v) is 7.16. The van der Waals surface area contributed by atoms with Crippen LogP contribution in [0.1, 0.15) is 43.9 Å². The van der Waals surface area contributed by atoms with E-state index in [0.29, 0.717) is 12.5 Å². The van der Waals surface area contributed by atoms with Crippen molar-refractivity contribution >= 4 is 5.91 Å². The summed E-state index contributed by atoms with van der Waals surface area (Å²) >= 11 is 0. The molecule has 0 saturated heterocycles. The summed E-state index contributed by atoms with van der Waals surface area (Å²) in [6, 6.07) is 9.79. The predicted octanol–water partition coefficient (Wildman–Crippen LogP) is 1.96. The Hall–Kier alpha value is -2.21. The molecule has 1 aromatic heterocycles. The highest BCUT2D eigenvalue weighted by molar-refractivity contribution is 5.76. The highest BCUT2D eigenvalue weighted by atomic mass is 16.3. The average molecular weight is 328 g/mol. The minimum atomic E-state index is -0.952. The van der Waals surface area contributed by atoms with Gasteiger partial charge in [0.15, 0.2) is 0 Å². The van der Waals surface area contributed by atoms with Crippen molar-refractivity contribution in [3.05, 3.63) is 47.8 Å². The van der Waals surface area contributed by atoms with Crippen LogP contribution in [0.5, 0.6) is 0 Å².